The Morgan fingerprint density at radius 3 is 2.92 bits per heavy atom. The molecule has 0 aromatic heterocycles. The summed E-state index contributed by atoms with van der Waals surface area (Å²) in [6, 6.07) is 8.43. The average Bonchev–Trinajstić information content (AvgIpc) is 2.56. The fourth-order valence-corrected chi connectivity index (χ4v) is 1.36. The van der Waals surface area contributed by atoms with Gasteiger partial charge in [0.2, 0.25) is 0 Å². The Kier molecular flexibility index (Phi) is 1.78. The summed E-state index contributed by atoms with van der Waals surface area (Å²) in [5.74, 6) is 0. The molecule has 0 N–H and O–H groups in total. The molecule has 0 saturated heterocycles. The first kappa shape index (κ1) is 7.29. The molecule has 1 heteroatoms. The number of aliphatic imine (C=N–C) groups is 1. The van der Waals surface area contributed by atoms with Crippen molar-refractivity contribution in [1.29, 1.82) is 0 Å². The van der Waals surface area contributed by atoms with E-state index in [0.717, 1.165) is 12.3 Å². The predicted molar refractivity (Wildman–Crippen MR) is 51.7 cm³/mol. The average molecular weight is 157 g/mol. The maximum atomic E-state index is 4.35. The lowest BCUT2D eigenvalue weighted by molar-refractivity contribution is 1.28. The number of nitrogens with zero attached hydrogens (tertiary/aromatic N) is 1. The van der Waals surface area contributed by atoms with E-state index in [9.17, 15) is 0 Å². The third-order valence-corrected chi connectivity index (χ3v) is 1.96. The minimum Gasteiger partial charge on any atom is -0.281 e. The molecule has 0 saturated carbocycles. The first-order valence-corrected chi connectivity index (χ1v) is 4.14. The summed E-state index contributed by atoms with van der Waals surface area (Å²) >= 11 is 0. The van der Waals surface area contributed by atoms with Crippen LogP contribution in [0.25, 0.3) is 0 Å². The van der Waals surface area contributed by atoms with Gasteiger partial charge in [0.05, 0.1) is 12.3 Å². The molecular weight excluding hydrogens is 146 g/mol. The SMILES string of the molecule is Cc1cccc(C2=NCC=C2)c1. The molecule has 60 valence electrons. The van der Waals surface area contributed by atoms with Gasteiger partial charge in [-0.1, -0.05) is 29.8 Å². The minimum atomic E-state index is 0.837. The van der Waals surface area contributed by atoms with Gasteiger partial charge in [-0.05, 0) is 24.6 Å². The Morgan fingerprint density at radius 1 is 1.33 bits per heavy atom. The summed E-state index contributed by atoms with van der Waals surface area (Å²) in [4.78, 5) is 4.35. The summed E-state index contributed by atoms with van der Waals surface area (Å²) in [7, 11) is 0. The molecule has 0 bridgehead atoms. The summed E-state index contributed by atoms with van der Waals surface area (Å²) in [6.07, 6.45) is 4.16. The Morgan fingerprint density at radius 2 is 2.25 bits per heavy atom. The molecule has 0 fully saturated rings. The zero-order valence-corrected chi connectivity index (χ0v) is 7.12. The highest BCUT2D eigenvalue weighted by Gasteiger charge is 2.01. The zero-order valence-electron chi connectivity index (χ0n) is 7.12. The molecule has 1 aromatic rings. The van der Waals surface area contributed by atoms with Gasteiger partial charge in [-0.25, -0.2) is 0 Å². The zero-order chi connectivity index (χ0) is 8.39. The van der Waals surface area contributed by atoms with Gasteiger partial charge in [-0.15, -0.1) is 0 Å². The summed E-state index contributed by atoms with van der Waals surface area (Å²) in [6.45, 7) is 2.94. The van der Waals surface area contributed by atoms with Gasteiger partial charge in [0.1, 0.15) is 0 Å². The molecule has 1 nitrogen and oxygen atoms in total. The van der Waals surface area contributed by atoms with Crippen molar-refractivity contribution >= 4 is 5.71 Å². The number of hydrogen-bond donors (Lipinski definition) is 0. The van der Waals surface area contributed by atoms with Gasteiger partial charge in [0.25, 0.3) is 0 Å². The number of hydrogen-bond acceptors (Lipinski definition) is 1. The van der Waals surface area contributed by atoms with Crippen LogP contribution in [-0.4, -0.2) is 12.3 Å². The number of benzene rings is 1. The smallest absolute Gasteiger partial charge is 0.0648 e. The van der Waals surface area contributed by atoms with Crippen molar-refractivity contribution < 1.29 is 0 Å². The quantitative estimate of drug-likeness (QED) is 0.593. The van der Waals surface area contributed by atoms with Crippen LogP contribution in [0, 0.1) is 6.92 Å². The number of aryl methyl sites for hydroxylation is 1. The Balaban J connectivity index is 2.40. The second-order valence-corrected chi connectivity index (χ2v) is 3.00. The second kappa shape index (κ2) is 2.94. The Labute approximate surface area is 72.5 Å². The van der Waals surface area contributed by atoms with E-state index in [1.54, 1.807) is 0 Å². The van der Waals surface area contributed by atoms with Crippen LogP contribution in [0.15, 0.2) is 41.4 Å². The lowest BCUT2D eigenvalue weighted by Crippen LogP contribution is -1.93. The molecule has 0 radical (unpaired) electrons. The van der Waals surface area contributed by atoms with E-state index in [0.29, 0.717) is 0 Å². The molecule has 0 aliphatic carbocycles. The highest BCUT2D eigenvalue weighted by Crippen LogP contribution is 2.09. The third-order valence-electron chi connectivity index (χ3n) is 1.96. The third kappa shape index (κ3) is 1.30. The van der Waals surface area contributed by atoms with E-state index >= 15 is 0 Å². The van der Waals surface area contributed by atoms with E-state index in [4.69, 9.17) is 0 Å². The number of allylic oxidation sites excluding steroid dienone is 1. The molecule has 1 aliphatic heterocycles. The van der Waals surface area contributed by atoms with Crippen LogP contribution in [0.3, 0.4) is 0 Å². The van der Waals surface area contributed by atoms with Gasteiger partial charge < -0.3 is 0 Å². The predicted octanol–water partition coefficient (Wildman–Crippen LogP) is 2.35. The van der Waals surface area contributed by atoms with Crippen molar-refractivity contribution in [2.75, 3.05) is 6.54 Å². The maximum Gasteiger partial charge on any atom is 0.0648 e. The Hall–Kier alpha value is -1.37. The topological polar surface area (TPSA) is 12.4 Å². The maximum absolute atomic E-state index is 4.35. The first-order chi connectivity index (χ1) is 5.86. The first-order valence-electron chi connectivity index (χ1n) is 4.14. The number of rotatable bonds is 1. The fraction of sp³-hybridized carbons (Fsp3) is 0.182. The monoisotopic (exact) mass is 157 g/mol. The van der Waals surface area contributed by atoms with Gasteiger partial charge in [-0.2, -0.15) is 0 Å². The second-order valence-electron chi connectivity index (χ2n) is 3.00. The van der Waals surface area contributed by atoms with E-state index in [2.05, 4.69) is 48.3 Å². The van der Waals surface area contributed by atoms with Crippen molar-refractivity contribution in [3.8, 4) is 0 Å². The van der Waals surface area contributed by atoms with E-state index in [-0.39, 0.29) is 0 Å². The van der Waals surface area contributed by atoms with Gasteiger partial charge in [-0.3, -0.25) is 4.99 Å². The molecule has 2 rings (SSSR count). The van der Waals surface area contributed by atoms with Gasteiger partial charge in [0, 0.05) is 0 Å². The lowest BCUT2D eigenvalue weighted by Gasteiger charge is -1.98. The van der Waals surface area contributed by atoms with E-state index in [1.165, 1.54) is 11.1 Å². The largest absolute Gasteiger partial charge is 0.281 e. The molecular formula is C11H11N. The fourth-order valence-electron chi connectivity index (χ4n) is 1.36. The molecule has 1 aliphatic rings. The van der Waals surface area contributed by atoms with Gasteiger partial charge >= 0.3 is 0 Å². The molecule has 0 unspecified atom stereocenters. The van der Waals surface area contributed by atoms with Crippen molar-refractivity contribution in [3.63, 3.8) is 0 Å². The molecule has 12 heavy (non-hydrogen) atoms. The van der Waals surface area contributed by atoms with Crippen LogP contribution in [0.5, 0.6) is 0 Å². The normalized spacial score (nSPS) is 14.9. The van der Waals surface area contributed by atoms with Crippen LogP contribution in [0.2, 0.25) is 0 Å². The van der Waals surface area contributed by atoms with E-state index < -0.39 is 0 Å². The van der Waals surface area contributed by atoms with Crippen molar-refractivity contribution in [1.82, 2.24) is 0 Å². The summed E-state index contributed by atoms with van der Waals surface area (Å²) < 4.78 is 0. The van der Waals surface area contributed by atoms with Crippen molar-refractivity contribution in [2.24, 2.45) is 4.99 Å². The van der Waals surface area contributed by atoms with Crippen LogP contribution in [-0.2, 0) is 0 Å². The molecule has 1 heterocycles. The molecule has 0 spiro atoms. The lowest BCUT2D eigenvalue weighted by atomic mass is 10.1. The van der Waals surface area contributed by atoms with Crippen LogP contribution < -0.4 is 0 Å². The standard InChI is InChI=1S/C11H11N/c1-9-4-2-5-10(8-9)11-6-3-7-12-11/h2-6,8H,7H2,1H3. The highest BCUT2D eigenvalue weighted by molar-refractivity contribution is 6.09. The van der Waals surface area contributed by atoms with Crippen LogP contribution in [0.1, 0.15) is 11.1 Å². The molecule has 0 amide bonds. The van der Waals surface area contributed by atoms with Crippen LogP contribution >= 0.6 is 0 Å². The minimum absolute atomic E-state index is 0.837. The molecule has 1 aromatic carbocycles. The Bertz CT molecular complexity index is 348. The summed E-state index contributed by atoms with van der Waals surface area (Å²) in [5.41, 5.74) is 3.62. The van der Waals surface area contributed by atoms with Crippen LogP contribution in [0.4, 0.5) is 0 Å². The van der Waals surface area contributed by atoms with Crippen molar-refractivity contribution in [3.05, 3.63) is 47.5 Å². The van der Waals surface area contributed by atoms with Crippen molar-refractivity contribution in [2.45, 2.75) is 6.92 Å². The highest BCUT2D eigenvalue weighted by atomic mass is 14.7. The van der Waals surface area contributed by atoms with Gasteiger partial charge in [0.15, 0.2) is 0 Å². The summed E-state index contributed by atoms with van der Waals surface area (Å²) in [5, 5.41) is 0. The molecule has 0 atom stereocenters. The van der Waals surface area contributed by atoms with E-state index in [1.807, 2.05) is 0 Å².